The highest BCUT2D eigenvalue weighted by molar-refractivity contribution is 8.02. The normalized spacial score (nSPS) is 11.2. The summed E-state index contributed by atoms with van der Waals surface area (Å²) in [5.74, 6) is 0.0785. The molecule has 1 aromatic rings. The largest absolute Gasteiger partial charge is 0.508 e. The molecule has 1 rings (SSSR count). The second-order valence-corrected chi connectivity index (χ2v) is 6.78. The van der Waals surface area contributed by atoms with Gasteiger partial charge in [0, 0.05) is 12.6 Å². The van der Waals surface area contributed by atoms with Crippen LogP contribution in [0.4, 0.5) is 5.69 Å². The van der Waals surface area contributed by atoms with E-state index in [4.69, 9.17) is 14.2 Å². The first-order valence-corrected chi connectivity index (χ1v) is 8.08. The summed E-state index contributed by atoms with van der Waals surface area (Å²) in [7, 11) is -9.24. The van der Waals surface area contributed by atoms with Crippen molar-refractivity contribution in [3.8, 4) is 5.75 Å². The smallest absolute Gasteiger partial charge is 0.281 e. The Bertz CT molecular complexity index is 618. The number of hydrogen-bond acceptors (Lipinski definition) is 6. The molecule has 0 fully saturated rings. The first-order valence-electron chi connectivity index (χ1n) is 4.86. The molecule has 0 unspecified atom stereocenters. The maximum Gasteiger partial charge on any atom is 0.281 e. The van der Waals surface area contributed by atoms with Gasteiger partial charge in [0.15, 0.2) is 0 Å². The van der Waals surface area contributed by atoms with Gasteiger partial charge >= 0.3 is 0 Å². The van der Waals surface area contributed by atoms with Crippen molar-refractivity contribution in [1.82, 2.24) is 0 Å². The molecule has 0 aromatic heterocycles. The van der Waals surface area contributed by atoms with Gasteiger partial charge in [-0.2, -0.15) is 16.8 Å². The molecule has 114 valence electrons. The predicted molar refractivity (Wildman–Crippen MR) is 70.4 cm³/mol. The van der Waals surface area contributed by atoms with E-state index in [2.05, 4.69) is 5.32 Å². The lowest BCUT2D eigenvalue weighted by Gasteiger charge is -1.99. The van der Waals surface area contributed by atoms with E-state index in [1.165, 1.54) is 19.1 Å². The summed E-state index contributed by atoms with van der Waals surface area (Å²) in [6.07, 6.45) is 0. The fourth-order valence-electron chi connectivity index (χ4n) is 0.936. The fourth-order valence-corrected chi connectivity index (χ4v) is 2.44. The van der Waals surface area contributed by atoms with Crippen LogP contribution in [0.25, 0.3) is 0 Å². The average Bonchev–Trinajstić information content (AvgIpc) is 2.16. The van der Waals surface area contributed by atoms with Gasteiger partial charge in [-0.1, -0.05) is 0 Å². The van der Waals surface area contributed by atoms with Gasteiger partial charge in [-0.05, 0) is 24.3 Å². The lowest BCUT2D eigenvalue weighted by Crippen LogP contribution is -2.13. The zero-order valence-corrected chi connectivity index (χ0v) is 11.8. The van der Waals surface area contributed by atoms with Crippen molar-refractivity contribution in [2.75, 3.05) is 10.4 Å². The number of hydrogen-bond donors (Lipinski definition) is 4. The van der Waals surface area contributed by atoms with Gasteiger partial charge in [-0.25, -0.2) is 0 Å². The molecular formula is C9H13NO8S2. The quantitative estimate of drug-likeness (QED) is 0.448. The van der Waals surface area contributed by atoms with Gasteiger partial charge in [-0.3, -0.25) is 13.9 Å². The van der Waals surface area contributed by atoms with Gasteiger partial charge in [-0.15, -0.1) is 0 Å². The molecule has 1 aromatic carbocycles. The topological polar surface area (TPSA) is 158 Å². The van der Waals surface area contributed by atoms with Crippen molar-refractivity contribution in [1.29, 1.82) is 0 Å². The summed E-state index contributed by atoms with van der Waals surface area (Å²) < 4.78 is 54.2. The lowest BCUT2D eigenvalue weighted by molar-refractivity contribution is -0.114. The second kappa shape index (κ2) is 7.19. The summed E-state index contributed by atoms with van der Waals surface area (Å²) >= 11 is 0. The van der Waals surface area contributed by atoms with Crippen molar-refractivity contribution in [3.63, 3.8) is 0 Å². The first-order chi connectivity index (χ1) is 8.89. The monoisotopic (exact) mass is 327 g/mol. The molecule has 0 aliphatic rings. The van der Waals surface area contributed by atoms with Crippen molar-refractivity contribution >= 4 is 31.8 Å². The van der Waals surface area contributed by atoms with Crippen molar-refractivity contribution < 1.29 is 35.8 Å². The zero-order chi connectivity index (χ0) is 16.0. The van der Waals surface area contributed by atoms with Crippen LogP contribution in [0.2, 0.25) is 0 Å². The number of phenols is 1. The van der Waals surface area contributed by atoms with Crippen LogP contribution in [0.5, 0.6) is 5.75 Å². The number of rotatable bonds is 3. The zero-order valence-electron chi connectivity index (χ0n) is 10.2. The van der Waals surface area contributed by atoms with Crippen molar-refractivity contribution in [2.45, 2.75) is 6.92 Å². The molecule has 0 bridgehead atoms. The third-order valence-electron chi connectivity index (χ3n) is 1.49. The third kappa shape index (κ3) is 11.4. The highest BCUT2D eigenvalue weighted by Crippen LogP contribution is 2.13. The summed E-state index contributed by atoms with van der Waals surface area (Å²) in [5, 5.41) is 9.81. The van der Waals surface area contributed by atoms with Crippen LogP contribution in [0, 0.1) is 0 Å². The minimum absolute atomic E-state index is 0.115. The molecule has 0 aliphatic heterocycles. The Morgan fingerprint density at radius 1 is 1.05 bits per heavy atom. The summed E-state index contributed by atoms with van der Waals surface area (Å²) in [4.78, 5) is 10.5. The molecule has 1 amide bonds. The van der Waals surface area contributed by atoms with E-state index < -0.39 is 25.3 Å². The Morgan fingerprint density at radius 2 is 1.45 bits per heavy atom. The molecule has 4 N–H and O–H groups in total. The van der Waals surface area contributed by atoms with E-state index in [1.807, 2.05) is 0 Å². The molecule has 0 saturated heterocycles. The predicted octanol–water partition coefficient (Wildman–Crippen LogP) is 0.0701. The molecule has 0 aliphatic carbocycles. The number of carbonyl (C=O) groups is 1. The lowest BCUT2D eigenvalue weighted by atomic mass is 10.3. The molecule has 0 spiro atoms. The van der Waals surface area contributed by atoms with Crippen LogP contribution >= 0.6 is 0 Å². The third-order valence-corrected chi connectivity index (χ3v) is 3.87. The van der Waals surface area contributed by atoms with Gasteiger partial charge in [0.05, 0.1) is 0 Å². The molecule has 0 heterocycles. The SMILES string of the molecule is CC(=O)Nc1ccc(O)cc1.O=S(=O)(O)CS(=O)(=O)O. The minimum atomic E-state index is -4.62. The van der Waals surface area contributed by atoms with Crippen LogP contribution in [0.1, 0.15) is 6.92 Å². The number of phenolic OH excluding ortho intramolecular Hbond substituents is 1. The second-order valence-electron chi connectivity index (χ2n) is 3.51. The minimum Gasteiger partial charge on any atom is -0.508 e. The van der Waals surface area contributed by atoms with Crippen LogP contribution in [-0.2, 0) is 25.0 Å². The Kier molecular flexibility index (Phi) is 6.58. The Morgan fingerprint density at radius 3 is 1.70 bits per heavy atom. The molecule has 0 atom stereocenters. The molecule has 9 nitrogen and oxygen atoms in total. The maximum atomic E-state index is 10.5. The van der Waals surface area contributed by atoms with E-state index in [-0.39, 0.29) is 11.7 Å². The van der Waals surface area contributed by atoms with Crippen molar-refractivity contribution in [3.05, 3.63) is 24.3 Å². The Labute approximate surface area is 115 Å². The van der Waals surface area contributed by atoms with Gasteiger partial charge in [0.25, 0.3) is 20.2 Å². The van der Waals surface area contributed by atoms with Crippen LogP contribution in [0.3, 0.4) is 0 Å². The van der Waals surface area contributed by atoms with E-state index >= 15 is 0 Å². The van der Waals surface area contributed by atoms with Gasteiger partial charge in [0.1, 0.15) is 5.75 Å². The average molecular weight is 327 g/mol. The summed E-state index contributed by atoms with van der Waals surface area (Å²) in [6, 6.07) is 6.31. The molecule has 0 saturated carbocycles. The van der Waals surface area contributed by atoms with Crippen LogP contribution in [-0.4, -0.2) is 42.0 Å². The number of benzene rings is 1. The highest BCUT2D eigenvalue weighted by Gasteiger charge is 2.15. The Hall–Kier alpha value is -1.69. The van der Waals surface area contributed by atoms with E-state index in [9.17, 15) is 21.6 Å². The van der Waals surface area contributed by atoms with Gasteiger partial charge < -0.3 is 10.4 Å². The van der Waals surface area contributed by atoms with E-state index in [1.54, 1.807) is 12.1 Å². The molecule has 0 radical (unpaired) electrons. The summed E-state index contributed by atoms with van der Waals surface area (Å²) in [6.45, 7) is 1.44. The number of carbonyl (C=O) groups excluding carboxylic acids is 1. The van der Waals surface area contributed by atoms with Gasteiger partial charge in [0.2, 0.25) is 11.0 Å². The Balaban J connectivity index is 0.000000370. The van der Waals surface area contributed by atoms with E-state index in [0.29, 0.717) is 5.69 Å². The van der Waals surface area contributed by atoms with Crippen molar-refractivity contribution in [2.24, 2.45) is 0 Å². The fraction of sp³-hybridized carbons (Fsp3) is 0.222. The number of nitrogens with one attached hydrogen (secondary N) is 1. The van der Waals surface area contributed by atoms with E-state index in [0.717, 1.165) is 0 Å². The number of anilines is 1. The number of aromatic hydroxyl groups is 1. The van der Waals surface area contributed by atoms with Crippen LogP contribution in [0.15, 0.2) is 24.3 Å². The first kappa shape index (κ1) is 18.3. The molecule has 11 heteroatoms. The summed E-state index contributed by atoms with van der Waals surface area (Å²) in [5.41, 5.74) is 0.690. The van der Waals surface area contributed by atoms with Crippen LogP contribution < -0.4 is 5.32 Å². The maximum absolute atomic E-state index is 10.5. The number of amides is 1. The molecule has 20 heavy (non-hydrogen) atoms. The highest BCUT2D eigenvalue weighted by atomic mass is 32.3. The molecular weight excluding hydrogens is 314 g/mol. The standard InChI is InChI=1S/C8H9NO2.CH4O6S2/c1-6(10)9-7-2-4-8(11)5-3-7;2-8(3,4)1-9(5,6)7/h2-5,11H,1H3,(H,9,10);1H2,(H,2,3,4)(H,5,6,7).